The Balaban J connectivity index is 1.69. The average molecular weight is 301 g/mol. The van der Waals surface area contributed by atoms with E-state index in [1.807, 2.05) is 31.3 Å². The monoisotopic (exact) mass is 301 g/mol. The molecular weight excluding hydrogens is 281 g/mol. The standard InChI is InChI=1S/C17H20FN3O/c1-12-6-8-19-17(20-12)14-7-9-21(11-14)10-13-4-3-5-15(22-2)16(13)18/h3-6,8,14H,7,9-11H2,1-2H3/t14-/m1/s1. The van der Waals surface area contributed by atoms with Crippen LogP contribution >= 0.6 is 0 Å². The van der Waals surface area contributed by atoms with Crippen LogP contribution in [0, 0.1) is 12.7 Å². The van der Waals surface area contributed by atoms with Crippen LogP contribution in [-0.4, -0.2) is 35.1 Å². The van der Waals surface area contributed by atoms with Gasteiger partial charge in [-0.1, -0.05) is 12.1 Å². The molecule has 2 heterocycles. The SMILES string of the molecule is COc1cccc(CN2CC[C@@H](c3nccc(C)n3)C2)c1F. The molecule has 4 nitrogen and oxygen atoms in total. The van der Waals surface area contributed by atoms with Crippen molar-refractivity contribution < 1.29 is 9.13 Å². The minimum Gasteiger partial charge on any atom is -0.494 e. The van der Waals surface area contributed by atoms with Crippen LogP contribution in [0.15, 0.2) is 30.5 Å². The summed E-state index contributed by atoms with van der Waals surface area (Å²) in [5.41, 5.74) is 1.66. The number of halogens is 1. The van der Waals surface area contributed by atoms with Crippen LogP contribution in [0.25, 0.3) is 0 Å². The van der Waals surface area contributed by atoms with Crippen molar-refractivity contribution in [3.63, 3.8) is 0 Å². The summed E-state index contributed by atoms with van der Waals surface area (Å²) in [6.45, 7) is 4.35. The van der Waals surface area contributed by atoms with Gasteiger partial charge >= 0.3 is 0 Å². The number of likely N-dealkylation sites (tertiary alicyclic amines) is 1. The number of aryl methyl sites for hydroxylation is 1. The van der Waals surface area contributed by atoms with Gasteiger partial charge in [0, 0.05) is 36.5 Å². The zero-order valence-corrected chi connectivity index (χ0v) is 12.9. The van der Waals surface area contributed by atoms with Crippen LogP contribution in [-0.2, 0) is 6.54 Å². The maximum atomic E-state index is 14.2. The molecule has 0 spiro atoms. The van der Waals surface area contributed by atoms with Crippen molar-refractivity contribution in [3.05, 3.63) is 53.4 Å². The Morgan fingerprint density at radius 3 is 3.00 bits per heavy atom. The molecule has 0 radical (unpaired) electrons. The first kappa shape index (κ1) is 14.9. The highest BCUT2D eigenvalue weighted by Crippen LogP contribution is 2.27. The van der Waals surface area contributed by atoms with Gasteiger partial charge in [0.05, 0.1) is 7.11 Å². The third-order valence-corrected chi connectivity index (χ3v) is 4.11. The predicted octanol–water partition coefficient (Wildman–Crippen LogP) is 2.92. The van der Waals surface area contributed by atoms with E-state index in [4.69, 9.17) is 4.74 Å². The topological polar surface area (TPSA) is 38.2 Å². The molecule has 22 heavy (non-hydrogen) atoms. The van der Waals surface area contributed by atoms with Crippen LogP contribution in [0.1, 0.15) is 29.4 Å². The lowest BCUT2D eigenvalue weighted by Crippen LogP contribution is -2.21. The summed E-state index contributed by atoms with van der Waals surface area (Å²) in [5, 5.41) is 0. The molecule has 0 unspecified atom stereocenters. The van der Waals surface area contributed by atoms with Gasteiger partial charge in [-0.3, -0.25) is 4.90 Å². The van der Waals surface area contributed by atoms with E-state index in [1.165, 1.54) is 7.11 Å². The van der Waals surface area contributed by atoms with Crippen molar-refractivity contribution in [2.75, 3.05) is 20.2 Å². The van der Waals surface area contributed by atoms with Gasteiger partial charge in [-0.15, -0.1) is 0 Å². The van der Waals surface area contributed by atoms with Crippen LogP contribution in [0.5, 0.6) is 5.75 Å². The van der Waals surface area contributed by atoms with Crippen LogP contribution in [0.3, 0.4) is 0 Å². The van der Waals surface area contributed by atoms with Crippen LogP contribution in [0.2, 0.25) is 0 Å². The van der Waals surface area contributed by atoms with Gasteiger partial charge < -0.3 is 4.74 Å². The first-order valence-electron chi connectivity index (χ1n) is 7.50. The Hall–Kier alpha value is -2.01. The summed E-state index contributed by atoms with van der Waals surface area (Å²) in [6, 6.07) is 7.19. The molecule has 3 rings (SSSR count). The maximum absolute atomic E-state index is 14.2. The van der Waals surface area contributed by atoms with Gasteiger partial charge in [0.1, 0.15) is 5.82 Å². The molecule has 0 aliphatic carbocycles. The third kappa shape index (κ3) is 3.09. The normalized spacial score (nSPS) is 18.6. The Kier molecular flexibility index (Phi) is 4.34. The largest absolute Gasteiger partial charge is 0.494 e. The fourth-order valence-corrected chi connectivity index (χ4v) is 2.93. The smallest absolute Gasteiger partial charge is 0.169 e. The summed E-state index contributed by atoms with van der Waals surface area (Å²) in [6.07, 6.45) is 2.82. The van der Waals surface area contributed by atoms with Crippen molar-refractivity contribution in [3.8, 4) is 5.75 Å². The summed E-state index contributed by atoms with van der Waals surface area (Å²) in [4.78, 5) is 11.1. The molecule has 2 aromatic rings. The molecule has 116 valence electrons. The van der Waals surface area contributed by atoms with Crippen LogP contribution < -0.4 is 4.74 Å². The molecule has 0 N–H and O–H groups in total. The summed E-state index contributed by atoms with van der Waals surface area (Å²) in [5.74, 6) is 1.26. The van der Waals surface area contributed by atoms with Gasteiger partial charge in [0.15, 0.2) is 11.6 Å². The zero-order chi connectivity index (χ0) is 15.5. The summed E-state index contributed by atoms with van der Waals surface area (Å²) >= 11 is 0. The number of ether oxygens (including phenoxy) is 1. The molecule has 1 aromatic heterocycles. The molecular formula is C17H20FN3O. The van der Waals surface area contributed by atoms with E-state index in [9.17, 15) is 4.39 Å². The molecule has 0 saturated carbocycles. The fourth-order valence-electron chi connectivity index (χ4n) is 2.93. The first-order chi connectivity index (χ1) is 10.7. The van der Waals surface area contributed by atoms with Crippen molar-refractivity contribution >= 4 is 0 Å². The van der Waals surface area contributed by atoms with E-state index in [-0.39, 0.29) is 5.82 Å². The first-order valence-corrected chi connectivity index (χ1v) is 7.50. The van der Waals surface area contributed by atoms with Gasteiger partial charge in [-0.2, -0.15) is 0 Å². The van der Waals surface area contributed by atoms with Crippen molar-refractivity contribution in [2.45, 2.75) is 25.8 Å². The van der Waals surface area contributed by atoms with E-state index in [0.717, 1.165) is 31.0 Å². The van der Waals surface area contributed by atoms with E-state index in [2.05, 4.69) is 14.9 Å². The fraction of sp³-hybridized carbons (Fsp3) is 0.412. The van der Waals surface area contributed by atoms with Crippen molar-refractivity contribution in [2.24, 2.45) is 0 Å². The molecule has 1 saturated heterocycles. The number of rotatable bonds is 4. The predicted molar refractivity (Wildman–Crippen MR) is 82.4 cm³/mol. The minimum absolute atomic E-state index is 0.264. The van der Waals surface area contributed by atoms with E-state index in [1.54, 1.807) is 6.07 Å². The lowest BCUT2D eigenvalue weighted by molar-refractivity contribution is 0.315. The van der Waals surface area contributed by atoms with E-state index in [0.29, 0.717) is 23.8 Å². The number of nitrogens with zero attached hydrogens (tertiary/aromatic N) is 3. The average Bonchev–Trinajstić information content (AvgIpc) is 2.98. The molecule has 5 heteroatoms. The highest BCUT2D eigenvalue weighted by molar-refractivity contribution is 5.31. The van der Waals surface area contributed by atoms with E-state index < -0.39 is 0 Å². The number of aromatic nitrogens is 2. The second-order valence-electron chi connectivity index (χ2n) is 5.71. The molecule has 0 amide bonds. The number of methoxy groups -OCH3 is 1. The summed E-state index contributed by atoms with van der Waals surface area (Å²) < 4.78 is 19.3. The number of hydrogen-bond acceptors (Lipinski definition) is 4. The zero-order valence-electron chi connectivity index (χ0n) is 12.9. The van der Waals surface area contributed by atoms with Gasteiger partial charge in [-0.05, 0) is 32.0 Å². The molecule has 0 bridgehead atoms. The molecule has 1 fully saturated rings. The number of hydrogen-bond donors (Lipinski definition) is 0. The Labute approximate surface area is 130 Å². The minimum atomic E-state index is -0.264. The Morgan fingerprint density at radius 2 is 2.23 bits per heavy atom. The third-order valence-electron chi connectivity index (χ3n) is 4.11. The Morgan fingerprint density at radius 1 is 1.36 bits per heavy atom. The highest BCUT2D eigenvalue weighted by Gasteiger charge is 2.26. The van der Waals surface area contributed by atoms with Gasteiger partial charge in [0.25, 0.3) is 0 Å². The summed E-state index contributed by atoms with van der Waals surface area (Å²) in [7, 11) is 1.49. The Bertz CT molecular complexity index is 662. The molecule has 1 aliphatic heterocycles. The molecule has 1 aliphatic rings. The van der Waals surface area contributed by atoms with Crippen LogP contribution in [0.4, 0.5) is 4.39 Å². The second-order valence-corrected chi connectivity index (χ2v) is 5.71. The number of benzene rings is 1. The van der Waals surface area contributed by atoms with Gasteiger partial charge in [-0.25, -0.2) is 14.4 Å². The molecule has 1 aromatic carbocycles. The quantitative estimate of drug-likeness (QED) is 0.870. The lowest BCUT2D eigenvalue weighted by atomic mass is 10.1. The van der Waals surface area contributed by atoms with Crippen molar-refractivity contribution in [1.29, 1.82) is 0 Å². The van der Waals surface area contributed by atoms with Gasteiger partial charge in [0.2, 0.25) is 0 Å². The highest BCUT2D eigenvalue weighted by atomic mass is 19.1. The lowest BCUT2D eigenvalue weighted by Gasteiger charge is -2.17. The maximum Gasteiger partial charge on any atom is 0.169 e. The molecule has 1 atom stereocenters. The van der Waals surface area contributed by atoms with Crippen molar-refractivity contribution in [1.82, 2.24) is 14.9 Å². The second kappa shape index (κ2) is 6.40. The van der Waals surface area contributed by atoms with E-state index >= 15 is 0 Å².